The van der Waals surface area contributed by atoms with Crippen molar-refractivity contribution in [2.24, 2.45) is 11.3 Å². The lowest BCUT2D eigenvalue weighted by Gasteiger charge is -2.49. The van der Waals surface area contributed by atoms with E-state index in [1.165, 1.54) is 69.7 Å². The molecule has 8 nitrogen and oxygen atoms in total. The number of carbonyl (C=O) groups is 1. The first-order valence-electron chi connectivity index (χ1n) is 17.8. The summed E-state index contributed by atoms with van der Waals surface area (Å²) >= 11 is 0. The van der Waals surface area contributed by atoms with Crippen molar-refractivity contribution in [3.63, 3.8) is 0 Å². The summed E-state index contributed by atoms with van der Waals surface area (Å²) in [6, 6.07) is 5.07. The molecule has 1 amide bonds. The molecule has 264 valence electrons. The van der Waals surface area contributed by atoms with Gasteiger partial charge in [0.05, 0.1) is 7.11 Å². The summed E-state index contributed by atoms with van der Waals surface area (Å²) in [6.45, 7) is 11.0. The van der Waals surface area contributed by atoms with E-state index in [0.717, 1.165) is 77.0 Å². The average Bonchev–Trinajstić information content (AvgIpc) is 3.69. The second kappa shape index (κ2) is 21.9. The maximum Gasteiger partial charge on any atom is 0.207 e. The van der Waals surface area contributed by atoms with Gasteiger partial charge in [-0.15, -0.1) is 0 Å². The maximum atomic E-state index is 14.8. The van der Waals surface area contributed by atoms with Gasteiger partial charge in [-0.05, 0) is 81.5 Å². The molecule has 0 radical (unpaired) electrons. The Morgan fingerprint density at radius 3 is 2.38 bits per heavy atom. The zero-order chi connectivity index (χ0) is 33.7. The number of hydrogen-bond acceptors (Lipinski definition) is 7. The second-order valence-electron chi connectivity index (χ2n) is 13.4. The molecule has 4 N–H and O–H groups in total. The van der Waals surface area contributed by atoms with Gasteiger partial charge in [-0.2, -0.15) is 0 Å². The molecule has 3 saturated heterocycles. The van der Waals surface area contributed by atoms with Gasteiger partial charge in [-0.25, -0.2) is 4.39 Å². The number of halogens is 1. The summed E-state index contributed by atoms with van der Waals surface area (Å²) in [5.41, 5.74) is 2.55. The highest BCUT2D eigenvalue weighted by atomic mass is 19.1. The van der Waals surface area contributed by atoms with Crippen LogP contribution < -0.4 is 25.6 Å². The first kappa shape index (κ1) is 38.6. The Bertz CT molecular complexity index is 1100. The minimum atomic E-state index is -0.281. The number of benzene rings is 1. The molecule has 1 aliphatic carbocycles. The third-order valence-corrected chi connectivity index (χ3v) is 9.94. The van der Waals surface area contributed by atoms with Crippen LogP contribution in [0.4, 0.5) is 10.1 Å². The molecule has 1 aromatic rings. The van der Waals surface area contributed by atoms with Crippen molar-refractivity contribution in [1.29, 1.82) is 0 Å². The summed E-state index contributed by atoms with van der Waals surface area (Å²) < 4.78 is 26.4. The number of carbonyl (C=O) groups excluding carboxylic acids is 1. The van der Waals surface area contributed by atoms with Gasteiger partial charge < -0.3 is 35.4 Å². The molecule has 9 heteroatoms. The van der Waals surface area contributed by atoms with Crippen LogP contribution in [-0.4, -0.2) is 77.7 Å². The Morgan fingerprint density at radius 2 is 1.79 bits per heavy atom. The number of methoxy groups -OCH3 is 1. The van der Waals surface area contributed by atoms with Gasteiger partial charge in [0.15, 0.2) is 0 Å². The van der Waals surface area contributed by atoms with E-state index in [4.69, 9.17) is 14.6 Å². The van der Waals surface area contributed by atoms with Gasteiger partial charge in [0.1, 0.15) is 23.4 Å². The van der Waals surface area contributed by atoms with Gasteiger partial charge in [0.2, 0.25) is 6.41 Å². The average molecular weight is 657 g/mol. The lowest BCUT2D eigenvalue weighted by Crippen LogP contribution is -2.58. The Kier molecular flexibility index (Phi) is 18.0. The van der Waals surface area contributed by atoms with Crippen LogP contribution in [0.2, 0.25) is 0 Å². The Labute approximate surface area is 283 Å². The third kappa shape index (κ3) is 14.0. The predicted octanol–water partition coefficient (Wildman–Crippen LogP) is 6.27. The van der Waals surface area contributed by atoms with Crippen LogP contribution in [0.5, 0.6) is 5.75 Å². The molecule has 0 bridgehead atoms. The van der Waals surface area contributed by atoms with Crippen molar-refractivity contribution < 1.29 is 23.8 Å². The molecule has 1 saturated carbocycles. The molecular formula is C38H61FN4O4. The van der Waals surface area contributed by atoms with Crippen LogP contribution in [0, 0.1) is 17.2 Å². The van der Waals surface area contributed by atoms with Gasteiger partial charge >= 0.3 is 0 Å². The molecule has 3 heterocycles. The zero-order valence-corrected chi connectivity index (χ0v) is 29.0. The molecule has 1 unspecified atom stereocenters. The molecule has 1 atom stereocenters. The van der Waals surface area contributed by atoms with E-state index in [9.17, 15) is 9.18 Å². The fraction of sp³-hybridized carbons (Fsp3) is 0.658. The summed E-state index contributed by atoms with van der Waals surface area (Å²) in [5.74, 6) is 1.64. The number of rotatable bonds is 15. The lowest BCUT2D eigenvalue weighted by atomic mass is 9.73. The maximum absolute atomic E-state index is 14.8. The van der Waals surface area contributed by atoms with Crippen LogP contribution in [-0.2, 0) is 9.53 Å². The highest BCUT2D eigenvalue weighted by Crippen LogP contribution is 2.37. The van der Waals surface area contributed by atoms with Gasteiger partial charge in [0, 0.05) is 64.1 Å². The first-order chi connectivity index (χ1) is 23.0. The number of nitrogens with one attached hydrogen (secondary N) is 3. The molecular weight excluding hydrogens is 595 g/mol. The van der Waals surface area contributed by atoms with Crippen molar-refractivity contribution in [2.75, 3.05) is 64.9 Å². The summed E-state index contributed by atoms with van der Waals surface area (Å²) in [4.78, 5) is 13.2. The van der Waals surface area contributed by atoms with Crippen molar-refractivity contribution in [1.82, 2.24) is 16.0 Å². The number of ether oxygens (including phenoxy) is 2. The molecule has 4 fully saturated rings. The number of amides is 1. The number of hydrogen-bond donors (Lipinski definition) is 4. The molecule has 3 aliphatic heterocycles. The Hall–Kier alpha value is -2.88. The highest BCUT2D eigenvalue weighted by Gasteiger charge is 2.39. The van der Waals surface area contributed by atoms with E-state index in [0.29, 0.717) is 36.3 Å². The van der Waals surface area contributed by atoms with E-state index in [1.54, 1.807) is 13.2 Å². The van der Waals surface area contributed by atoms with Gasteiger partial charge in [0.25, 0.3) is 0 Å². The van der Waals surface area contributed by atoms with Gasteiger partial charge in [-0.1, -0.05) is 56.4 Å². The van der Waals surface area contributed by atoms with Crippen LogP contribution in [0.25, 0.3) is 0 Å². The normalized spacial score (nSPS) is 19.9. The molecule has 4 aliphatic rings. The molecule has 1 aromatic carbocycles. The fourth-order valence-electron chi connectivity index (χ4n) is 6.84. The summed E-state index contributed by atoms with van der Waals surface area (Å²) in [7, 11) is 2.63. The smallest absolute Gasteiger partial charge is 0.207 e. The molecule has 47 heavy (non-hydrogen) atoms. The number of aliphatic hydroxyl groups excluding tert-OH is 1. The number of aliphatic hydroxyl groups is 1. The van der Waals surface area contributed by atoms with Crippen molar-refractivity contribution in [3.8, 4) is 5.75 Å². The first-order valence-corrected chi connectivity index (χ1v) is 17.8. The molecule has 1 spiro atoms. The minimum absolute atomic E-state index is 0.162. The zero-order valence-electron chi connectivity index (χ0n) is 29.0. The van der Waals surface area contributed by atoms with Crippen molar-refractivity contribution in [2.45, 2.75) is 89.6 Å². The summed E-state index contributed by atoms with van der Waals surface area (Å²) in [6.07, 6.45) is 21.9. The Morgan fingerprint density at radius 1 is 1.06 bits per heavy atom. The van der Waals surface area contributed by atoms with E-state index >= 15 is 0 Å². The highest BCUT2D eigenvalue weighted by molar-refractivity contribution is 5.52. The topological polar surface area (TPSA) is 95.1 Å². The predicted molar refractivity (Wildman–Crippen MR) is 190 cm³/mol. The SMILES string of the molecule is C1CCNC1.C=C(/C=C\C(=C/CC1CCCCC1)CCC(CCNC=O)Oc1cc(F)cc(N2CCC3(CC2)CNC3)c1)OC.CO. The largest absolute Gasteiger partial charge is 0.497 e. The fourth-order valence-corrected chi connectivity index (χ4v) is 6.84. The third-order valence-electron chi connectivity index (χ3n) is 9.94. The number of anilines is 1. The van der Waals surface area contributed by atoms with Gasteiger partial charge in [-0.3, -0.25) is 4.79 Å². The lowest BCUT2D eigenvalue weighted by molar-refractivity contribution is -0.109. The second-order valence-corrected chi connectivity index (χ2v) is 13.4. The number of allylic oxidation sites excluding steroid dienone is 4. The van der Waals surface area contributed by atoms with Crippen LogP contribution in [0.1, 0.15) is 83.5 Å². The van der Waals surface area contributed by atoms with Crippen LogP contribution in [0.15, 0.2) is 54.3 Å². The quantitative estimate of drug-likeness (QED) is 0.0765. The summed E-state index contributed by atoms with van der Waals surface area (Å²) in [5, 5.41) is 16.4. The molecule has 5 rings (SSSR count). The van der Waals surface area contributed by atoms with E-state index in [-0.39, 0.29) is 11.9 Å². The Balaban J connectivity index is 0.000000770. The van der Waals surface area contributed by atoms with Crippen LogP contribution >= 0.6 is 0 Å². The molecule has 0 aromatic heterocycles. The van der Waals surface area contributed by atoms with E-state index in [1.807, 2.05) is 12.1 Å². The number of nitrogens with zero attached hydrogens (tertiary/aromatic N) is 1. The van der Waals surface area contributed by atoms with E-state index < -0.39 is 0 Å². The van der Waals surface area contributed by atoms with E-state index in [2.05, 4.69) is 39.6 Å². The van der Waals surface area contributed by atoms with Crippen molar-refractivity contribution in [3.05, 3.63) is 60.2 Å². The van der Waals surface area contributed by atoms with Crippen LogP contribution in [0.3, 0.4) is 0 Å². The van der Waals surface area contributed by atoms with Crippen molar-refractivity contribution >= 4 is 12.1 Å². The standard InChI is InChI=1S/C33H48FN3O3.C4H9N.CH4O/c1-26(39-2)8-9-28(11-10-27-6-4-3-5-7-27)12-13-31(14-17-35-25-38)40-32-21-29(34)20-30(22-32)37-18-15-33(16-19-37)23-36-24-33;1-2-4-5-3-1;1-2/h8-9,11,20-22,25,27,31,36H,1,3-7,10,12-19,23-24H2,2H3,(H,35,38);5H,1-4H2;2H,1H3/b9-8-,28-11+;;. The monoisotopic (exact) mass is 656 g/mol. The minimum Gasteiger partial charge on any atom is -0.497 e. The number of piperidine rings is 1.